The Kier molecular flexibility index (Phi) is 7.05. The minimum Gasteiger partial charge on any atom is -0.384 e. The minimum absolute atomic E-state index is 0.0660. The third kappa shape index (κ3) is 5.59. The summed E-state index contributed by atoms with van der Waals surface area (Å²) in [4.78, 5) is 0.0660. The van der Waals surface area contributed by atoms with Crippen LogP contribution in [-0.4, -0.2) is 42.4 Å². The van der Waals surface area contributed by atoms with E-state index in [0.717, 1.165) is 5.56 Å². The van der Waals surface area contributed by atoms with Crippen LogP contribution in [0.5, 0.6) is 0 Å². The molecule has 0 radical (unpaired) electrons. The average Bonchev–Trinajstić information content (AvgIpc) is 2.44. The second-order valence-electron chi connectivity index (χ2n) is 4.29. The molecule has 1 aromatic rings. The van der Waals surface area contributed by atoms with E-state index in [0.29, 0.717) is 11.3 Å². The maximum absolute atomic E-state index is 12.3. The molecule has 0 amide bonds. The summed E-state index contributed by atoms with van der Waals surface area (Å²) in [5, 5.41) is 8.75. The molecule has 1 aromatic carbocycles. The normalized spacial score (nSPS) is 12.5. The first kappa shape index (κ1) is 17.9. The zero-order valence-electron chi connectivity index (χ0n) is 12.0. The van der Waals surface area contributed by atoms with Gasteiger partial charge in [0.15, 0.2) is 0 Å². The van der Waals surface area contributed by atoms with Crippen molar-refractivity contribution in [1.29, 1.82) is 0 Å². The van der Waals surface area contributed by atoms with Crippen LogP contribution >= 0.6 is 0 Å². The highest BCUT2D eigenvalue weighted by atomic mass is 32.2. The van der Waals surface area contributed by atoms with E-state index in [1.165, 1.54) is 6.07 Å². The molecule has 0 aromatic heterocycles. The Morgan fingerprint density at radius 2 is 2.10 bits per heavy atom. The molecule has 2 N–H and O–H groups in total. The van der Waals surface area contributed by atoms with Gasteiger partial charge in [-0.25, -0.2) is 13.1 Å². The molecule has 5 nitrogen and oxygen atoms in total. The number of nitrogens with one attached hydrogen (secondary N) is 1. The van der Waals surface area contributed by atoms with Gasteiger partial charge in [-0.3, -0.25) is 4.21 Å². The van der Waals surface area contributed by atoms with Crippen LogP contribution in [0.2, 0.25) is 0 Å². The van der Waals surface area contributed by atoms with Crippen LogP contribution in [0, 0.1) is 18.8 Å². The van der Waals surface area contributed by atoms with Crippen molar-refractivity contribution in [2.45, 2.75) is 18.7 Å². The fourth-order valence-corrected chi connectivity index (χ4v) is 3.54. The average molecular weight is 329 g/mol. The number of sulfonamides is 1. The maximum atomic E-state index is 12.3. The van der Waals surface area contributed by atoms with Gasteiger partial charge in [-0.2, -0.15) is 0 Å². The third-order valence-corrected chi connectivity index (χ3v) is 5.49. The molecular weight excluding hydrogens is 310 g/mol. The van der Waals surface area contributed by atoms with Gasteiger partial charge in [0.05, 0.1) is 4.90 Å². The van der Waals surface area contributed by atoms with Gasteiger partial charge >= 0.3 is 0 Å². The summed E-state index contributed by atoms with van der Waals surface area (Å²) < 4.78 is 38.3. The molecule has 1 atom stereocenters. The molecular formula is C14H19NO4S2. The Balaban J connectivity index is 2.99. The highest BCUT2D eigenvalue weighted by Gasteiger charge is 2.17. The van der Waals surface area contributed by atoms with E-state index in [1.54, 1.807) is 19.1 Å². The first-order valence-corrected chi connectivity index (χ1v) is 9.43. The van der Waals surface area contributed by atoms with Crippen LogP contribution < -0.4 is 4.72 Å². The smallest absolute Gasteiger partial charge is 0.241 e. The monoisotopic (exact) mass is 329 g/mol. The van der Waals surface area contributed by atoms with Crippen LogP contribution in [0.4, 0.5) is 0 Å². The van der Waals surface area contributed by atoms with E-state index in [9.17, 15) is 12.6 Å². The molecule has 0 fully saturated rings. The lowest BCUT2D eigenvalue weighted by atomic mass is 10.1. The summed E-state index contributed by atoms with van der Waals surface area (Å²) in [5.41, 5.74) is 1.22. The molecule has 21 heavy (non-hydrogen) atoms. The predicted octanol–water partition coefficient (Wildman–Crippen LogP) is 0.386. The van der Waals surface area contributed by atoms with Crippen molar-refractivity contribution in [3.8, 4) is 11.8 Å². The number of benzene rings is 1. The maximum Gasteiger partial charge on any atom is 0.241 e. The van der Waals surface area contributed by atoms with E-state index in [-0.39, 0.29) is 23.8 Å². The molecule has 0 bridgehead atoms. The van der Waals surface area contributed by atoms with Crippen molar-refractivity contribution in [1.82, 2.24) is 4.72 Å². The molecule has 0 saturated heterocycles. The molecule has 0 aliphatic rings. The Hall–Kier alpha value is -1.20. The SMILES string of the molecule is CCS(=O)CCNS(=O)(=O)c1ccc(C)cc1C#CCO. The van der Waals surface area contributed by atoms with E-state index >= 15 is 0 Å². The van der Waals surface area contributed by atoms with E-state index < -0.39 is 20.8 Å². The van der Waals surface area contributed by atoms with Crippen molar-refractivity contribution in [2.24, 2.45) is 0 Å². The zero-order valence-corrected chi connectivity index (χ0v) is 13.7. The number of rotatable bonds is 6. The Morgan fingerprint density at radius 3 is 2.71 bits per heavy atom. The quantitative estimate of drug-likeness (QED) is 0.740. The molecule has 0 heterocycles. The molecule has 116 valence electrons. The largest absolute Gasteiger partial charge is 0.384 e. The molecule has 0 saturated carbocycles. The summed E-state index contributed by atoms with van der Waals surface area (Å²) in [6.45, 7) is 3.39. The summed E-state index contributed by atoms with van der Waals surface area (Å²) in [5.74, 6) is 5.87. The second-order valence-corrected chi connectivity index (χ2v) is 7.89. The van der Waals surface area contributed by atoms with Crippen molar-refractivity contribution >= 4 is 20.8 Å². The van der Waals surface area contributed by atoms with Crippen LogP contribution in [0.25, 0.3) is 0 Å². The van der Waals surface area contributed by atoms with Crippen molar-refractivity contribution < 1.29 is 17.7 Å². The summed E-state index contributed by atoms with van der Waals surface area (Å²) in [7, 11) is -4.73. The summed E-state index contributed by atoms with van der Waals surface area (Å²) in [6, 6.07) is 4.82. The Morgan fingerprint density at radius 1 is 1.38 bits per heavy atom. The van der Waals surface area contributed by atoms with Crippen molar-refractivity contribution in [3.63, 3.8) is 0 Å². The lowest BCUT2D eigenvalue weighted by Crippen LogP contribution is -2.28. The number of aliphatic hydroxyl groups excluding tert-OH is 1. The Bertz CT molecular complexity index is 672. The van der Waals surface area contributed by atoms with Gasteiger partial charge in [0.2, 0.25) is 10.0 Å². The van der Waals surface area contributed by atoms with E-state index in [4.69, 9.17) is 5.11 Å². The van der Waals surface area contributed by atoms with Crippen LogP contribution in [-0.2, 0) is 20.8 Å². The predicted molar refractivity (Wildman–Crippen MR) is 83.9 cm³/mol. The van der Waals surface area contributed by atoms with Crippen molar-refractivity contribution in [2.75, 3.05) is 24.7 Å². The van der Waals surface area contributed by atoms with Crippen molar-refractivity contribution in [3.05, 3.63) is 29.3 Å². The van der Waals surface area contributed by atoms with Crippen LogP contribution in [0.1, 0.15) is 18.1 Å². The van der Waals surface area contributed by atoms with E-state index in [2.05, 4.69) is 16.6 Å². The van der Waals surface area contributed by atoms with E-state index in [1.807, 2.05) is 6.92 Å². The number of hydrogen-bond donors (Lipinski definition) is 2. The number of aryl methyl sites for hydroxylation is 1. The highest BCUT2D eigenvalue weighted by molar-refractivity contribution is 7.89. The minimum atomic E-state index is -3.71. The fourth-order valence-electron chi connectivity index (χ4n) is 1.62. The van der Waals surface area contributed by atoms with Gasteiger partial charge in [0.1, 0.15) is 6.61 Å². The summed E-state index contributed by atoms with van der Waals surface area (Å²) >= 11 is 0. The number of hydrogen-bond acceptors (Lipinski definition) is 4. The van der Waals surface area contributed by atoms with Gasteiger partial charge in [0, 0.05) is 34.4 Å². The van der Waals surface area contributed by atoms with Gasteiger partial charge in [0.25, 0.3) is 0 Å². The summed E-state index contributed by atoms with van der Waals surface area (Å²) in [6.07, 6.45) is 0. The number of aliphatic hydroxyl groups is 1. The lowest BCUT2D eigenvalue weighted by Gasteiger charge is -2.09. The molecule has 0 spiro atoms. The van der Waals surface area contributed by atoms with Crippen LogP contribution in [0.3, 0.4) is 0 Å². The second kappa shape index (κ2) is 8.29. The molecule has 1 rings (SSSR count). The van der Waals surface area contributed by atoms with Gasteiger partial charge in [-0.1, -0.05) is 24.8 Å². The van der Waals surface area contributed by atoms with Gasteiger partial charge < -0.3 is 5.11 Å². The molecule has 0 aliphatic carbocycles. The topological polar surface area (TPSA) is 83.5 Å². The molecule has 7 heteroatoms. The molecule has 0 aliphatic heterocycles. The fraction of sp³-hybridized carbons (Fsp3) is 0.429. The highest BCUT2D eigenvalue weighted by Crippen LogP contribution is 2.16. The molecule has 1 unspecified atom stereocenters. The standard InChI is InChI=1S/C14H19NO4S2/c1-3-20(17)10-8-15-21(18,19)14-7-6-12(2)11-13(14)5-4-9-16/h6-7,11,15-16H,3,8-10H2,1-2H3. The Labute approximate surface area is 128 Å². The third-order valence-electron chi connectivity index (χ3n) is 2.67. The lowest BCUT2D eigenvalue weighted by molar-refractivity contribution is 0.350. The van der Waals surface area contributed by atoms with Gasteiger partial charge in [-0.05, 0) is 24.6 Å². The first-order chi connectivity index (χ1) is 9.90. The first-order valence-electron chi connectivity index (χ1n) is 6.45. The van der Waals surface area contributed by atoms with Crippen LogP contribution in [0.15, 0.2) is 23.1 Å². The zero-order chi connectivity index (χ0) is 15.9. The van der Waals surface area contributed by atoms with Gasteiger partial charge in [-0.15, -0.1) is 0 Å².